The number of hydrogen-bond acceptors (Lipinski definition) is 2. The van der Waals surface area contributed by atoms with E-state index < -0.39 is 18.1 Å². The van der Waals surface area contributed by atoms with Gasteiger partial charge in [-0.25, -0.2) is 8.78 Å². The molecule has 0 atom stereocenters. The normalized spacial score (nSPS) is 13.6. The highest BCUT2D eigenvalue weighted by Crippen LogP contribution is 2.25. The van der Waals surface area contributed by atoms with Crippen LogP contribution in [0.2, 0.25) is 0 Å². The summed E-state index contributed by atoms with van der Waals surface area (Å²) in [6.45, 7) is 1.56. The van der Waals surface area contributed by atoms with Crippen LogP contribution in [0.25, 0.3) is 0 Å². The van der Waals surface area contributed by atoms with Crippen LogP contribution in [0, 0.1) is 0 Å². The molecular formula is C7H8F4OS. The van der Waals surface area contributed by atoms with Crippen LogP contribution < -0.4 is 0 Å². The lowest BCUT2D eigenvalue weighted by Gasteiger charge is -2.11. The van der Waals surface area contributed by atoms with Crippen LogP contribution >= 0.6 is 12.6 Å². The Morgan fingerprint density at radius 3 is 2.31 bits per heavy atom. The number of hydrogen-bond donors (Lipinski definition) is 1. The van der Waals surface area contributed by atoms with E-state index in [0.717, 1.165) is 0 Å². The van der Waals surface area contributed by atoms with Gasteiger partial charge in [-0.1, -0.05) is 6.92 Å². The Morgan fingerprint density at radius 2 is 2.00 bits per heavy atom. The highest BCUT2D eigenvalue weighted by molar-refractivity contribution is 7.84. The second-order valence-corrected chi connectivity index (χ2v) is 2.85. The first-order chi connectivity index (χ1) is 5.82. The minimum atomic E-state index is -4.61. The first kappa shape index (κ1) is 12.5. The fourth-order valence-electron chi connectivity index (χ4n) is 0.457. The van der Waals surface area contributed by atoms with Gasteiger partial charge in [0.15, 0.2) is 0 Å². The third-order valence-corrected chi connectivity index (χ3v) is 1.71. The van der Waals surface area contributed by atoms with E-state index in [0.29, 0.717) is 6.08 Å². The lowest BCUT2D eigenvalue weighted by molar-refractivity contribution is -0.161. The summed E-state index contributed by atoms with van der Waals surface area (Å²) in [4.78, 5) is 10.6. The van der Waals surface area contributed by atoms with Crippen molar-refractivity contribution in [1.29, 1.82) is 0 Å². The molecule has 0 bridgehead atoms. The number of halogens is 4. The maximum Gasteiger partial charge on any atom is 0.368 e. The molecule has 0 aliphatic heterocycles. The lowest BCUT2D eigenvalue weighted by Crippen LogP contribution is -2.35. The summed E-state index contributed by atoms with van der Waals surface area (Å²) >= 11 is 3.63. The summed E-state index contributed by atoms with van der Waals surface area (Å²) in [5, 5.41) is 0. The zero-order valence-electron chi connectivity index (χ0n) is 6.73. The first-order valence-corrected chi connectivity index (χ1v) is 3.87. The van der Waals surface area contributed by atoms with Crippen molar-refractivity contribution >= 4 is 18.4 Å². The average Bonchev–Trinajstić information content (AvgIpc) is 2.03. The Balaban J connectivity index is 4.61. The number of carbonyl (C=O) groups excluding carboxylic acids is 1. The fourth-order valence-corrected chi connectivity index (χ4v) is 0.574. The minimum absolute atomic E-state index is 0.0466. The van der Waals surface area contributed by atoms with E-state index in [1.165, 1.54) is 0 Å². The van der Waals surface area contributed by atoms with Gasteiger partial charge in [-0.2, -0.15) is 8.78 Å². The highest BCUT2D eigenvalue weighted by atomic mass is 32.1. The standard InChI is InChI=1S/C7H8F4OS/c1-2-4(13)3-5(12)7(10,11)6(8)9/h3,6,13H,2H2,1H3. The van der Waals surface area contributed by atoms with Gasteiger partial charge >= 0.3 is 12.3 Å². The van der Waals surface area contributed by atoms with E-state index in [1.807, 2.05) is 0 Å². The van der Waals surface area contributed by atoms with Gasteiger partial charge in [0, 0.05) is 0 Å². The van der Waals surface area contributed by atoms with Gasteiger partial charge in [0.2, 0.25) is 5.78 Å². The minimum Gasteiger partial charge on any atom is -0.288 e. The topological polar surface area (TPSA) is 17.1 Å². The summed E-state index contributed by atoms with van der Waals surface area (Å²) < 4.78 is 47.7. The Morgan fingerprint density at radius 1 is 1.54 bits per heavy atom. The van der Waals surface area contributed by atoms with E-state index in [2.05, 4.69) is 12.6 Å². The molecule has 6 heteroatoms. The summed E-state index contributed by atoms with van der Waals surface area (Å²) in [5.74, 6) is -6.52. The molecule has 1 nitrogen and oxygen atoms in total. The smallest absolute Gasteiger partial charge is 0.288 e. The van der Waals surface area contributed by atoms with Gasteiger partial charge in [-0.05, 0) is 17.4 Å². The summed E-state index contributed by atoms with van der Waals surface area (Å²) in [6, 6.07) is 0. The number of ketones is 1. The van der Waals surface area contributed by atoms with Crippen LogP contribution in [0.3, 0.4) is 0 Å². The van der Waals surface area contributed by atoms with Crippen LogP contribution in [0.4, 0.5) is 17.6 Å². The van der Waals surface area contributed by atoms with Crippen molar-refractivity contribution in [3.05, 3.63) is 11.0 Å². The van der Waals surface area contributed by atoms with Crippen LogP contribution in [0.5, 0.6) is 0 Å². The van der Waals surface area contributed by atoms with Crippen LogP contribution in [-0.4, -0.2) is 18.1 Å². The predicted octanol–water partition coefficient (Wildman–Crippen LogP) is 2.68. The Bertz CT molecular complexity index is 225. The third kappa shape index (κ3) is 3.38. The second kappa shape index (κ2) is 4.64. The van der Waals surface area contributed by atoms with Crippen molar-refractivity contribution in [3.8, 4) is 0 Å². The second-order valence-electron chi connectivity index (χ2n) is 2.28. The zero-order valence-corrected chi connectivity index (χ0v) is 7.62. The molecule has 0 amide bonds. The SMILES string of the molecule is CCC(S)=CC(=O)C(F)(F)C(F)F. The molecule has 0 radical (unpaired) electrons. The fraction of sp³-hybridized carbons (Fsp3) is 0.571. The molecule has 0 aliphatic carbocycles. The number of allylic oxidation sites excluding steroid dienone is 2. The molecule has 0 saturated heterocycles. The molecule has 0 aromatic rings. The quantitative estimate of drug-likeness (QED) is 0.434. The molecule has 76 valence electrons. The predicted molar refractivity (Wildman–Crippen MR) is 43.3 cm³/mol. The van der Waals surface area contributed by atoms with Crippen molar-refractivity contribution in [3.63, 3.8) is 0 Å². The Labute approximate surface area is 78.2 Å². The van der Waals surface area contributed by atoms with E-state index in [9.17, 15) is 22.4 Å². The molecule has 0 saturated carbocycles. The number of rotatable bonds is 4. The molecule has 0 N–H and O–H groups in total. The highest BCUT2D eigenvalue weighted by Gasteiger charge is 2.47. The van der Waals surface area contributed by atoms with Crippen molar-refractivity contribution in [2.45, 2.75) is 25.7 Å². The van der Waals surface area contributed by atoms with Crippen LogP contribution in [-0.2, 0) is 4.79 Å². The maximum absolute atomic E-state index is 12.3. The van der Waals surface area contributed by atoms with Crippen molar-refractivity contribution in [2.75, 3.05) is 0 Å². The number of alkyl halides is 4. The number of carbonyl (C=O) groups is 1. The molecule has 0 heterocycles. The van der Waals surface area contributed by atoms with Gasteiger partial charge in [-0.3, -0.25) is 4.79 Å². The molecule has 0 spiro atoms. The molecule has 0 aromatic carbocycles. The molecule has 0 rings (SSSR count). The van der Waals surface area contributed by atoms with E-state index >= 15 is 0 Å². The molecular weight excluding hydrogens is 208 g/mol. The summed E-state index contributed by atoms with van der Waals surface area (Å²) in [6.07, 6.45) is -3.31. The molecule has 0 aliphatic rings. The zero-order chi connectivity index (χ0) is 10.6. The van der Waals surface area contributed by atoms with Crippen LogP contribution in [0.1, 0.15) is 13.3 Å². The maximum atomic E-state index is 12.3. The Hall–Kier alpha value is -0.520. The van der Waals surface area contributed by atoms with Gasteiger partial charge < -0.3 is 0 Å². The number of thiol groups is 1. The van der Waals surface area contributed by atoms with Crippen molar-refractivity contribution in [2.24, 2.45) is 0 Å². The van der Waals surface area contributed by atoms with Gasteiger partial charge in [0.1, 0.15) is 0 Å². The average molecular weight is 216 g/mol. The van der Waals surface area contributed by atoms with Crippen molar-refractivity contribution < 1.29 is 22.4 Å². The van der Waals surface area contributed by atoms with E-state index in [4.69, 9.17) is 0 Å². The van der Waals surface area contributed by atoms with Gasteiger partial charge in [-0.15, -0.1) is 12.6 Å². The third-order valence-electron chi connectivity index (χ3n) is 1.26. The first-order valence-electron chi connectivity index (χ1n) is 3.42. The summed E-state index contributed by atoms with van der Waals surface area (Å²) in [7, 11) is 0. The molecule has 13 heavy (non-hydrogen) atoms. The molecule has 0 fully saturated rings. The lowest BCUT2D eigenvalue weighted by atomic mass is 10.2. The molecule has 0 aromatic heterocycles. The largest absolute Gasteiger partial charge is 0.368 e. The monoisotopic (exact) mass is 216 g/mol. The van der Waals surface area contributed by atoms with Crippen LogP contribution in [0.15, 0.2) is 11.0 Å². The van der Waals surface area contributed by atoms with Gasteiger partial charge in [0.05, 0.1) is 0 Å². The summed E-state index contributed by atoms with van der Waals surface area (Å²) in [5.41, 5.74) is 0. The van der Waals surface area contributed by atoms with E-state index in [1.54, 1.807) is 6.92 Å². The van der Waals surface area contributed by atoms with E-state index in [-0.39, 0.29) is 11.3 Å². The van der Waals surface area contributed by atoms with Gasteiger partial charge in [0.25, 0.3) is 0 Å². The van der Waals surface area contributed by atoms with Crippen molar-refractivity contribution in [1.82, 2.24) is 0 Å². The molecule has 0 unspecified atom stereocenters. The Kier molecular flexibility index (Phi) is 4.46.